The van der Waals surface area contributed by atoms with Crippen LogP contribution in [0.5, 0.6) is 0 Å². The molecule has 1 atom stereocenters. The van der Waals surface area contributed by atoms with E-state index in [0.29, 0.717) is 5.92 Å². The molecule has 0 aromatic heterocycles. The van der Waals surface area contributed by atoms with Gasteiger partial charge in [0.1, 0.15) is 6.04 Å². The lowest BCUT2D eigenvalue weighted by molar-refractivity contribution is -0.119. The van der Waals surface area contributed by atoms with E-state index in [0.717, 1.165) is 25.1 Å². The van der Waals surface area contributed by atoms with Crippen LogP contribution in [0.2, 0.25) is 0 Å². The van der Waals surface area contributed by atoms with E-state index in [4.69, 9.17) is 0 Å². The average molecular weight is 334 g/mol. The lowest BCUT2D eigenvalue weighted by Crippen LogP contribution is -2.47. The molecule has 2 aromatic carbocycles. The molecule has 1 aliphatic carbocycles. The van der Waals surface area contributed by atoms with Crippen LogP contribution in [0, 0.1) is 5.92 Å². The van der Waals surface area contributed by atoms with Crippen LogP contribution in [-0.4, -0.2) is 25.5 Å². The maximum absolute atomic E-state index is 13.4. The summed E-state index contributed by atoms with van der Waals surface area (Å²) in [6.07, 6.45) is 4.33. The van der Waals surface area contributed by atoms with Gasteiger partial charge in [-0.15, -0.1) is 0 Å². The first-order chi connectivity index (χ1) is 12.2. The Bertz CT molecular complexity index is 764. The van der Waals surface area contributed by atoms with Crippen LogP contribution in [0.25, 0.3) is 0 Å². The number of carbonyl (C=O) groups is 1. The second-order valence-electron chi connectivity index (χ2n) is 7.37. The Morgan fingerprint density at radius 2 is 1.84 bits per heavy atom. The van der Waals surface area contributed by atoms with Crippen LogP contribution in [0.1, 0.15) is 30.9 Å². The highest BCUT2D eigenvalue weighted by atomic mass is 16.2. The number of fused-ring (bicyclic) bond motifs is 1. The smallest absolute Gasteiger partial charge is 0.250 e. The van der Waals surface area contributed by atoms with E-state index < -0.39 is 0 Å². The largest absolute Gasteiger partial charge is 0.362 e. The Balaban J connectivity index is 1.60. The van der Waals surface area contributed by atoms with Gasteiger partial charge in [-0.25, -0.2) is 0 Å². The van der Waals surface area contributed by atoms with Gasteiger partial charge in [-0.3, -0.25) is 4.79 Å². The molecule has 130 valence electrons. The van der Waals surface area contributed by atoms with Crippen LogP contribution in [-0.2, 0) is 17.6 Å². The molecule has 1 aliphatic heterocycles. The van der Waals surface area contributed by atoms with Crippen molar-refractivity contribution in [1.82, 2.24) is 0 Å². The van der Waals surface area contributed by atoms with E-state index in [1.807, 2.05) is 18.0 Å². The zero-order chi connectivity index (χ0) is 17.4. The van der Waals surface area contributed by atoms with E-state index in [2.05, 4.69) is 54.3 Å². The summed E-state index contributed by atoms with van der Waals surface area (Å²) in [5.74, 6) is 0.902. The highest BCUT2D eigenvalue weighted by Crippen LogP contribution is 2.35. The number of anilines is 2. The number of amides is 1. The number of carbonyl (C=O) groups excluding carboxylic acids is 1. The molecule has 0 N–H and O–H groups in total. The molecular weight excluding hydrogens is 308 g/mol. The summed E-state index contributed by atoms with van der Waals surface area (Å²) in [5, 5.41) is 0. The molecule has 0 spiro atoms. The molecule has 1 fully saturated rings. The van der Waals surface area contributed by atoms with Gasteiger partial charge in [0.15, 0.2) is 0 Å². The molecule has 1 saturated carbocycles. The zero-order valence-electron chi connectivity index (χ0n) is 15.1. The number of rotatable bonds is 5. The summed E-state index contributed by atoms with van der Waals surface area (Å²) in [6.45, 7) is 3.01. The SMILES string of the molecule is CCc1ccc(N(CC2CC2)C(=O)C2Cc3ccccc3N2C)cc1. The van der Waals surface area contributed by atoms with Crippen molar-refractivity contribution in [2.24, 2.45) is 5.92 Å². The third kappa shape index (κ3) is 3.15. The van der Waals surface area contributed by atoms with Gasteiger partial charge in [-0.2, -0.15) is 0 Å². The molecule has 0 saturated heterocycles. The Morgan fingerprint density at radius 1 is 1.12 bits per heavy atom. The minimum Gasteiger partial charge on any atom is -0.362 e. The van der Waals surface area contributed by atoms with E-state index in [9.17, 15) is 4.79 Å². The number of likely N-dealkylation sites (N-methyl/N-ethyl adjacent to an activating group) is 1. The van der Waals surface area contributed by atoms with Gasteiger partial charge >= 0.3 is 0 Å². The fourth-order valence-electron chi connectivity index (χ4n) is 3.77. The fraction of sp³-hybridized carbons (Fsp3) is 0.409. The summed E-state index contributed by atoms with van der Waals surface area (Å²) in [7, 11) is 2.05. The number of hydrogen-bond donors (Lipinski definition) is 0. The van der Waals surface area contributed by atoms with Gasteiger partial charge in [0.2, 0.25) is 5.91 Å². The lowest BCUT2D eigenvalue weighted by Gasteiger charge is -2.30. The molecule has 2 aliphatic rings. The van der Waals surface area contributed by atoms with Crippen molar-refractivity contribution in [1.29, 1.82) is 0 Å². The Labute approximate surface area is 150 Å². The van der Waals surface area contributed by atoms with Crippen LogP contribution < -0.4 is 9.80 Å². The first kappa shape index (κ1) is 16.2. The fourth-order valence-corrected chi connectivity index (χ4v) is 3.77. The molecule has 4 rings (SSSR count). The molecule has 2 aromatic rings. The summed E-state index contributed by atoms with van der Waals surface area (Å²) < 4.78 is 0. The topological polar surface area (TPSA) is 23.6 Å². The predicted molar refractivity (Wildman–Crippen MR) is 103 cm³/mol. The minimum absolute atomic E-state index is 0.0954. The van der Waals surface area contributed by atoms with E-state index in [-0.39, 0.29) is 11.9 Å². The Morgan fingerprint density at radius 3 is 2.48 bits per heavy atom. The monoisotopic (exact) mass is 334 g/mol. The van der Waals surface area contributed by atoms with Crippen molar-refractivity contribution in [3.63, 3.8) is 0 Å². The van der Waals surface area contributed by atoms with Gasteiger partial charge in [0, 0.05) is 31.4 Å². The molecule has 3 heteroatoms. The third-order valence-electron chi connectivity index (χ3n) is 5.60. The number of hydrogen-bond acceptors (Lipinski definition) is 2. The summed E-state index contributed by atoms with van der Waals surface area (Å²) in [4.78, 5) is 17.6. The summed E-state index contributed by atoms with van der Waals surface area (Å²) in [6, 6.07) is 16.8. The maximum atomic E-state index is 13.4. The second kappa shape index (κ2) is 6.55. The molecule has 0 radical (unpaired) electrons. The number of aryl methyl sites for hydroxylation is 1. The van der Waals surface area contributed by atoms with Crippen molar-refractivity contribution in [3.8, 4) is 0 Å². The lowest BCUT2D eigenvalue weighted by atomic mass is 10.1. The molecule has 1 amide bonds. The number of benzene rings is 2. The highest BCUT2D eigenvalue weighted by molar-refractivity contribution is 6.00. The molecule has 1 unspecified atom stereocenters. The first-order valence-electron chi connectivity index (χ1n) is 9.38. The maximum Gasteiger partial charge on any atom is 0.250 e. The third-order valence-corrected chi connectivity index (χ3v) is 5.60. The van der Waals surface area contributed by atoms with E-state index >= 15 is 0 Å². The van der Waals surface area contributed by atoms with Crippen molar-refractivity contribution >= 4 is 17.3 Å². The Kier molecular flexibility index (Phi) is 4.24. The van der Waals surface area contributed by atoms with Crippen LogP contribution in [0.3, 0.4) is 0 Å². The van der Waals surface area contributed by atoms with Crippen LogP contribution >= 0.6 is 0 Å². The van der Waals surface area contributed by atoms with Gasteiger partial charge in [-0.05, 0) is 54.5 Å². The molecular formula is C22H26N2O. The van der Waals surface area contributed by atoms with E-state index in [1.165, 1.54) is 29.7 Å². The number of nitrogens with zero attached hydrogens (tertiary/aromatic N) is 2. The summed E-state index contributed by atoms with van der Waals surface area (Å²) >= 11 is 0. The number of para-hydroxylation sites is 1. The van der Waals surface area contributed by atoms with Gasteiger partial charge in [0.05, 0.1) is 0 Å². The van der Waals surface area contributed by atoms with Gasteiger partial charge < -0.3 is 9.80 Å². The minimum atomic E-state index is -0.0954. The molecule has 25 heavy (non-hydrogen) atoms. The average Bonchev–Trinajstić information content (AvgIpc) is 3.42. The molecule has 3 nitrogen and oxygen atoms in total. The van der Waals surface area contributed by atoms with Crippen molar-refractivity contribution in [2.75, 3.05) is 23.4 Å². The molecule has 0 bridgehead atoms. The molecule has 1 heterocycles. The van der Waals surface area contributed by atoms with Crippen LogP contribution in [0.4, 0.5) is 11.4 Å². The Hall–Kier alpha value is -2.29. The standard InChI is InChI=1S/C22H26N2O/c1-3-16-10-12-19(13-11-16)24(15-17-8-9-17)22(25)21-14-18-6-4-5-7-20(18)23(21)2/h4-7,10-13,17,21H,3,8-9,14-15H2,1-2H3. The van der Waals surface area contributed by atoms with Gasteiger partial charge in [0.25, 0.3) is 0 Å². The second-order valence-corrected chi connectivity index (χ2v) is 7.37. The van der Waals surface area contributed by atoms with Crippen LogP contribution in [0.15, 0.2) is 48.5 Å². The first-order valence-corrected chi connectivity index (χ1v) is 9.38. The van der Waals surface area contributed by atoms with Crippen molar-refractivity contribution in [2.45, 2.75) is 38.6 Å². The predicted octanol–water partition coefficient (Wildman–Crippen LogP) is 4.05. The van der Waals surface area contributed by atoms with Crippen molar-refractivity contribution < 1.29 is 4.79 Å². The zero-order valence-corrected chi connectivity index (χ0v) is 15.1. The highest BCUT2D eigenvalue weighted by Gasteiger charge is 2.37. The summed E-state index contributed by atoms with van der Waals surface area (Å²) in [5.41, 5.74) is 4.82. The van der Waals surface area contributed by atoms with Gasteiger partial charge in [-0.1, -0.05) is 37.3 Å². The van der Waals surface area contributed by atoms with Crippen molar-refractivity contribution in [3.05, 3.63) is 59.7 Å². The van der Waals surface area contributed by atoms with E-state index in [1.54, 1.807) is 0 Å². The quantitative estimate of drug-likeness (QED) is 0.823. The normalized spacial score (nSPS) is 19.0.